The molecule has 0 amide bonds. The Hall–Kier alpha value is -0.100. The Labute approximate surface area is 85.9 Å². The molecule has 0 unspecified atom stereocenters. The van der Waals surface area contributed by atoms with Gasteiger partial charge in [-0.1, -0.05) is 22.6 Å². The lowest BCUT2D eigenvalue weighted by Crippen LogP contribution is -2.27. The summed E-state index contributed by atoms with van der Waals surface area (Å²) in [5, 5.41) is 9.51. The molecule has 4 heteroatoms. The molecule has 0 aliphatic heterocycles. The van der Waals surface area contributed by atoms with Crippen LogP contribution in [0.3, 0.4) is 0 Å². The Morgan fingerprint density at radius 3 is 2.50 bits per heavy atom. The minimum atomic E-state index is -0.741. The maximum atomic E-state index is 11.0. The van der Waals surface area contributed by atoms with Crippen LogP contribution in [0.25, 0.3) is 0 Å². The van der Waals surface area contributed by atoms with Crippen LogP contribution in [0.4, 0.5) is 0 Å². The Morgan fingerprint density at radius 2 is 2.17 bits per heavy atom. The van der Waals surface area contributed by atoms with Crippen molar-refractivity contribution in [1.82, 2.24) is 0 Å². The Balaban J connectivity index is 4.28. The molecule has 0 aromatic rings. The van der Waals surface area contributed by atoms with E-state index in [1.165, 1.54) is 7.11 Å². The number of carbonyl (C=O) groups excluding carboxylic acids is 1. The second kappa shape index (κ2) is 5.53. The number of hydrogen-bond acceptors (Lipinski definition) is 3. The summed E-state index contributed by atoms with van der Waals surface area (Å²) in [5.41, 5.74) is 0.772. The number of hydrogen-bond donors (Lipinski definition) is 1. The number of rotatable bonds is 3. The minimum absolute atomic E-state index is 0.389. The van der Waals surface area contributed by atoms with Crippen molar-refractivity contribution in [3.8, 4) is 0 Å². The number of aliphatic hydroxyl groups excluding tert-OH is 1. The predicted octanol–water partition coefficient (Wildman–Crippen LogP) is 1.50. The summed E-state index contributed by atoms with van der Waals surface area (Å²) in [7, 11) is 1.31. The van der Waals surface area contributed by atoms with Gasteiger partial charge in [-0.05, 0) is 23.5 Å². The summed E-state index contributed by atoms with van der Waals surface area (Å²) in [4.78, 5) is 11.0. The van der Waals surface area contributed by atoms with Crippen LogP contribution in [-0.2, 0) is 9.53 Å². The first kappa shape index (κ1) is 11.9. The third-order valence-corrected chi connectivity index (χ3v) is 2.67. The molecule has 0 spiro atoms. The maximum absolute atomic E-state index is 11.0. The molecule has 0 radical (unpaired) electrons. The molecule has 0 fully saturated rings. The summed E-state index contributed by atoms with van der Waals surface area (Å²) < 4.78 is 6.25. The largest absolute Gasteiger partial charge is 0.469 e. The van der Waals surface area contributed by atoms with Gasteiger partial charge < -0.3 is 9.84 Å². The van der Waals surface area contributed by atoms with Gasteiger partial charge in [-0.3, -0.25) is 4.79 Å². The van der Waals surface area contributed by atoms with E-state index in [1.54, 1.807) is 17.9 Å². The van der Waals surface area contributed by atoms with Gasteiger partial charge in [0.2, 0.25) is 0 Å². The van der Waals surface area contributed by atoms with E-state index in [9.17, 15) is 9.90 Å². The van der Waals surface area contributed by atoms with Gasteiger partial charge in [0.05, 0.1) is 19.1 Å². The first-order chi connectivity index (χ1) is 5.54. The highest BCUT2D eigenvalue weighted by molar-refractivity contribution is 14.1. The van der Waals surface area contributed by atoms with Crippen LogP contribution >= 0.6 is 22.6 Å². The summed E-state index contributed by atoms with van der Waals surface area (Å²) in [5.74, 6) is -0.888. The van der Waals surface area contributed by atoms with Crippen LogP contribution in [-0.4, -0.2) is 24.3 Å². The van der Waals surface area contributed by atoms with Gasteiger partial charge in [-0.15, -0.1) is 0 Å². The molecular weight excluding hydrogens is 271 g/mol. The van der Waals surface area contributed by atoms with Crippen LogP contribution in [0.2, 0.25) is 0 Å². The second-order valence-corrected chi connectivity index (χ2v) is 3.23. The number of esters is 1. The zero-order chi connectivity index (χ0) is 9.72. The normalized spacial score (nSPS) is 16.9. The van der Waals surface area contributed by atoms with Crippen molar-refractivity contribution in [1.29, 1.82) is 0 Å². The number of methoxy groups -OCH3 is 1. The van der Waals surface area contributed by atoms with E-state index in [-0.39, 0.29) is 5.97 Å². The van der Waals surface area contributed by atoms with E-state index < -0.39 is 12.0 Å². The molecule has 2 atom stereocenters. The molecule has 0 saturated heterocycles. The zero-order valence-corrected chi connectivity index (χ0v) is 9.53. The van der Waals surface area contributed by atoms with Crippen LogP contribution in [0, 0.1) is 5.92 Å². The van der Waals surface area contributed by atoms with Gasteiger partial charge >= 0.3 is 5.97 Å². The van der Waals surface area contributed by atoms with Crippen molar-refractivity contribution in [2.75, 3.05) is 7.11 Å². The van der Waals surface area contributed by atoms with Gasteiger partial charge in [0.25, 0.3) is 0 Å². The molecule has 3 nitrogen and oxygen atoms in total. The molecule has 0 aromatic carbocycles. The summed E-state index contributed by atoms with van der Waals surface area (Å²) in [6, 6.07) is 0. The lowest BCUT2D eigenvalue weighted by molar-refractivity contribution is -0.147. The van der Waals surface area contributed by atoms with Crippen molar-refractivity contribution >= 4 is 28.6 Å². The Kier molecular flexibility index (Phi) is 5.48. The van der Waals surface area contributed by atoms with Crippen molar-refractivity contribution < 1.29 is 14.6 Å². The lowest BCUT2D eigenvalue weighted by Gasteiger charge is -2.16. The Morgan fingerprint density at radius 1 is 1.67 bits per heavy atom. The quantitative estimate of drug-likeness (QED) is 0.631. The molecule has 0 aliphatic carbocycles. The SMILES string of the molecule is COC(=O)[C@H](C)[C@@H](O)/C(C)=C/I. The van der Waals surface area contributed by atoms with E-state index in [4.69, 9.17) is 0 Å². The summed E-state index contributed by atoms with van der Waals surface area (Å²) in [6.45, 7) is 3.41. The highest BCUT2D eigenvalue weighted by atomic mass is 127. The molecule has 0 rings (SSSR count). The van der Waals surface area contributed by atoms with Crippen molar-refractivity contribution in [2.45, 2.75) is 20.0 Å². The molecule has 0 aromatic heterocycles. The molecule has 0 bridgehead atoms. The fraction of sp³-hybridized carbons (Fsp3) is 0.625. The lowest BCUT2D eigenvalue weighted by atomic mass is 10.00. The van der Waals surface area contributed by atoms with E-state index in [0.717, 1.165) is 5.57 Å². The summed E-state index contributed by atoms with van der Waals surface area (Å²) >= 11 is 2.02. The predicted molar refractivity (Wildman–Crippen MR) is 55.0 cm³/mol. The van der Waals surface area contributed by atoms with E-state index in [0.29, 0.717) is 0 Å². The number of halogens is 1. The fourth-order valence-corrected chi connectivity index (χ4v) is 1.14. The van der Waals surface area contributed by atoms with E-state index >= 15 is 0 Å². The fourth-order valence-electron chi connectivity index (χ4n) is 0.774. The Bertz CT molecular complexity index is 189. The third kappa shape index (κ3) is 3.10. The molecule has 0 aliphatic rings. The molecular formula is C8H13IO3. The summed E-state index contributed by atoms with van der Waals surface area (Å²) in [6.07, 6.45) is -0.741. The van der Waals surface area contributed by atoms with Crippen molar-refractivity contribution in [3.63, 3.8) is 0 Å². The van der Waals surface area contributed by atoms with E-state index in [2.05, 4.69) is 4.74 Å². The van der Waals surface area contributed by atoms with Crippen molar-refractivity contribution in [2.24, 2.45) is 5.92 Å². The first-order valence-electron chi connectivity index (χ1n) is 3.57. The average molecular weight is 284 g/mol. The van der Waals surface area contributed by atoms with Crippen LogP contribution in [0.5, 0.6) is 0 Å². The number of aliphatic hydroxyl groups is 1. The van der Waals surface area contributed by atoms with Gasteiger partial charge in [0.15, 0.2) is 0 Å². The topological polar surface area (TPSA) is 46.5 Å². The monoisotopic (exact) mass is 284 g/mol. The molecule has 12 heavy (non-hydrogen) atoms. The second-order valence-electron chi connectivity index (χ2n) is 2.61. The van der Waals surface area contributed by atoms with Crippen LogP contribution < -0.4 is 0 Å². The molecule has 70 valence electrons. The highest BCUT2D eigenvalue weighted by Gasteiger charge is 2.23. The minimum Gasteiger partial charge on any atom is -0.469 e. The van der Waals surface area contributed by atoms with Crippen LogP contribution in [0.1, 0.15) is 13.8 Å². The zero-order valence-electron chi connectivity index (χ0n) is 7.37. The number of carbonyl (C=O) groups is 1. The smallest absolute Gasteiger partial charge is 0.311 e. The molecule has 1 N–H and O–H groups in total. The average Bonchev–Trinajstić information content (AvgIpc) is 2.12. The molecule has 0 heterocycles. The number of ether oxygens (including phenoxy) is 1. The first-order valence-corrected chi connectivity index (χ1v) is 4.82. The van der Waals surface area contributed by atoms with E-state index in [1.807, 2.05) is 22.6 Å². The van der Waals surface area contributed by atoms with Gasteiger partial charge in [0.1, 0.15) is 0 Å². The van der Waals surface area contributed by atoms with Crippen LogP contribution in [0.15, 0.2) is 9.66 Å². The van der Waals surface area contributed by atoms with Gasteiger partial charge in [0, 0.05) is 0 Å². The van der Waals surface area contributed by atoms with Crippen molar-refractivity contribution in [3.05, 3.63) is 9.66 Å². The third-order valence-electron chi connectivity index (χ3n) is 1.69. The standard InChI is InChI=1S/C8H13IO3/c1-5(4-9)7(10)6(2)8(11)12-3/h4,6-7,10H,1-3H3/b5-4+/t6-,7+/m1/s1. The maximum Gasteiger partial charge on any atom is 0.311 e. The molecule has 0 saturated carbocycles. The highest BCUT2D eigenvalue weighted by Crippen LogP contribution is 2.14. The van der Waals surface area contributed by atoms with Gasteiger partial charge in [-0.2, -0.15) is 0 Å². The van der Waals surface area contributed by atoms with Gasteiger partial charge in [-0.25, -0.2) is 0 Å².